The highest BCUT2D eigenvalue weighted by molar-refractivity contribution is 6.01. The van der Waals surface area contributed by atoms with Crippen LogP contribution in [-0.4, -0.2) is 43.3 Å². The van der Waals surface area contributed by atoms with Crippen molar-refractivity contribution in [1.29, 1.82) is 0 Å². The van der Waals surface area contributed by atoms with Crippen LogP contribution in [0.25, 0.3) is 0 Å². The van der Waals surface area contributed by atoms with Gasteiger partial charge in [-0.05, 0) is 60.5 Å². The predicted molar refractivity (Wildman–Crippen MR) is 132 cm³/mol. The molecule has 3 rings (SSSR count). The van der Waals surface area contributed by atoms with Crippen LogP contribution < -0.4 is 25.4 Å². The van der Waals surface area contributed by atoms with E-state index >= 15 is 0 Å². The maximum Gasteiger partial charge on any atom is 0.335 e. The first kappa shape index (κ1) is 25.1. The maximum absolute atomic E-state index is 12.4. The molecule has 3 amide bonds. The van der Waals surface area contributed by atoms with E-state index < -0.39 is 12.0 Å². The molecule has 0 heterocycles. The highest BCUT2D eigenvalue weighted by Crippen LogP contribution is 2.26. The summed E-state index contributed by atoms with van der Waals surface area (Å²) in [5.74, 6) is -0.253. The van der Waals surface area contributed by atoms with Crippen LogP contribution >= 0.6 is 0 Å². The van der Waals surface area contributed by atoms with Crippen LogP contribution in [-0.2, 0) is 11.2 Å². The number of aryl methyl sites for hydroxylation is 1. The number of anilines is 2. The molecular weight excluding hydrogens is 450 g/mol. The van der Waals surface area contributed by atoms with Crippen LogP contribution in [0.1, 0.15) is 21.5 Å². The van der Waals surface area contributed by atoms with Crippen LogP contribution in [0.4, 0.5) is 16.2 Å². The van der Waals surface area contributed by atoms with Crippen molar-refractivity contribution in [3.8, 4) is 11.5 Å². The van der Waals surface area contributed by atoms with Gasteiger partial charge in [0.05, 0.1) is 31.3 Å². The van der Waals surface area contributed by atoms with Crippen molar-refractivity contribution in [2.45, 2.75) is 13.3 Å². The lowest BCUT2D eigenvalue weighted by molar-refractivity contribution is -0.120. The van der Waals surface area contributed by atoms with Crippen LogP contribution in [0.15, 0.2) is 66.7 Å². The first-order valence-electron chi connectivity index (χ1n) is 10.9. The second kappa shape index (κ2) is 12.1. The molecule has 0 aromatic heterocycles. The van der Waals surface area contributed by atoms with Gasteiger partial charge < -0.3 is 30.5 Å². The van der Waals surface area contributed by atoms with Gasteiger partial charge in [0.1, 0.15) is 18.1 Å². The lowest BCUT2D eigenvalue weighted by Gasteiger charge is -2.14. The van der Waals surface area contributed by atoms with E-state index in [1.165, 1.54) is 19.2 Å². The predicted octanol–water partition coefficient (Wildman–Crippen LogP) is 4.08. The molecule has 0 aliphatic rings. The Labute approximate surface area is 203 Å². The fourth-order valence-electron chi connectivity index (χ4n) is 3.24. The molecule has 0 aliphatic carbocycles. The Balaban J connectivity index is 1.47. The molecule has 0 aliphatic heterocycles. The molecule has 0 bridgehead atoms. The zero-order valence-electron chi connectivity index (χ0n) is 19.5. The van der Waals surface area contributed by atoms with Gasteiger partial charge in [-0.25, -0.2) is 9.59 Å². The summed E-state index contributed by atoms with van der Waals surface area (Å²) < 4.78 is 10.9. The molecule has 9 heteroatoms. The average Bonchev–Trinajstić information content (AvgIpc) is 2.84. The largest absolute Gasteiger partial charge is 0.495 e. The van der Waals surface area contributed by atoms with Crippen LogP contribution in [0.5, 0.6) is 11.5 Å². The van der Waals surface area contributed by atoms with Gasteiger partial charge in [-0.15, -0.1) is 0 Å². The van der Waals surface area contributed by atoms with Gasteiger partial charge in [-0.1, -0.05) is 24.3 Å². The Kier molecular flexibility index (Phi) is 8.66. The molecule has 9 nitrogen and oxygen atoms in total. The number of methoxy groups -OCH3 is 1. The lowest BCUT2D eigenvalue weighted by atomic mass is 10.1. The third-order valence-electron chi connectivity index (χ3n) is 5.07. The molecule has 3 aromatic rings. The molecule has 0 saturated heterocycles. The molecule has 0 radical (unpaired) electrons. The van der Waals surface area contributed by atoms with Crippen molar-refractivity contribution in [3.05, 3.63) is 83.4 Å². The Morgan fingerprint density at radius 2 is 1.63 bits per heavy atom. The number of carboxylic acids is 1. The Morgan fingerprint density at radius 3 is 2.31 bits per heavy atom. The van der Waals surface area contributed by atoms with Crippen LogP contribution in [0.2, 0.25) is 0 Å². The summed E-state index contributed by atoms with van der Waals surface area (Å²) in [4.78, 5) is 35.5. The van der Waals surface area contributed by atoms with Gasteiger partial charge in [0.25, 0.3) is 0 Å². The number of nitrogens with one attached hydrogen (secondary N) is 3. The second-order valence-electron chi connectivity index (χ2n) is 7.63. The highest BCUT2D eigenvalue weighted by Gasteiger charge is 2.11. The SMILES string of the molecule is COc1cc(CC(=O)NCCOc2ccc(C(=O)O)cc2)ccc1NC(=O)Nc1ccccc1C. The third-order valence-corrected chi connectivity index (χ3v) is 5.07. The van der Waals surface area contributed by atoms with Crippen molar-refractivity contribution in [1.82, 2.24) is 5.32 Å². The lowest BCUT2D eigenvalue weighted by Crippen LogP contribution is -2.29. The topological polar surface area (TPSA) is 126 Å². The van der Waals surface area contributed by atoms with Gasteiger partial charge in [0.2, 0.25) is 5.91 Å². The number of urea groups is 1. The molecule has 0 saturated carbocycles. The smallest absolute Gasteiger partial charge is 0.335 e. The fourth-order valence-corrected chi connectivity index (χ4v) is 3.24. The van der Waals surface area contributed by atoms with E-state index in [9.17, 15) is 14.4 Å². The quantitative estimate of drug-likeness (QED) is 0.326. The third kappa shape index (κ3) is 7.50. The summed E-state index contributed by atoms with van der Waals surface area (Å²) in [5.41, 5.74) is 3.02. The van der Waals surface area contributed by atoms with Crippen molar-refractivity contribution in [2.24, 2.45) is 0 Å². The molecule has 0 unspecified atom stereocenters. The maximum atomic E-state index is 12.4. The fraction of sp³-hybridized carbons (Fsp3) is 0.192. The molecular formula is C26H27N3O6. The van der Waals surface area contributed by atoms with E-state index in [0.717, 1.165) is 11.1 Å². The minimum absolute atomic E-state index is 0.124. The Bertz CT molecular complexity index is 1190. The molecule has 4 N–H and O–H groups in total. The molecule has 3 aromatic carbocycles. The summed E-state index contributed by atoms with van der Waals surface area (Å²) in [6.45, 7) is 2.43. The minimum atomic E-state index is -1.00. The molecule has 35 heavy (non-hydrogen) atoms. The number of rotatable bonds is 10. The van der Waals surface area contributed by atoms with Gasteiger partial charge in [-0.2, -0.15) is 0 Å². The molecule has 0 spiro atoms. The van der Waals surface area contributed by atoms with E-state index in [4.69, 9.17) is 14.6 Å². The second-order valence-corrected chi connectivity index (χ2v) is 7.63. The number of ether oxygens (including phenoxy) is 2. The van der Waals surface area contributed by atoms with Crippen LogP contribution in [0, 0.1) is 6.92 Å². The first-order valence-corrected chi connectivity index (χ1v) is 10.9. The molecule has 182 valence electrons. The summed E-state index contributed by atoms with van der Waals surface area (Å²) >= 11 is 0. The van der Waals surface area contributed by atoms with Gasteiger partial charge in [-0.3, -0.25) is 4.79 Å². The average molecular weight is 478 g/mol. The van der Waals surface area contributed by atoms with E-state index in [1.807, 2.05) is 31.2 Å². The number of carbonyl (C=O) groups excluding carboxylic acids is 2. The van der Waals surface area contributed by atoms with Gasteiger partial charge >= 0.3 is 12.0 Å². The molecule has 0 fully saturated rings. The van der Waals surface area contributed by atoms with E-state index in [-0.39, 0.29) is 31.0 Å². The number of hydrogen-bond acceptors (Lipinski definition) is 5. The number of para-hydroxylation sites is 1. The van der Waals surface area contributed by atoms with Crippen molar-refractivity contribution in [2.75, 3.05) is 30.9 Å². The number of aromatic carboxylic acids is 1. The van der Waals surface area contributed by atoms with E-state index in [2.05, 4.69) is 16.0 Å². The Hall–Kier alpha value is -4.53. The van der Waals surface area contributed by atoms with E-state index in [0.29, 0.717) is 22.9 Å². The number of benzene rings is 3. The number of amides is 3. The van der Waals surface area contributed by atoms with Gasteiger partial charge in [0.15, 0.2) is 0 Å². The number of hydrogen-bond donors (Lipinski definition) is 4. The zero-order valence-corrected chi connectivity index (χ0v) is 19.5. The highest BCUT2D eigenvalue weighted by atomic mass is 16.5. The number of carboxylic acid groups (broad SMARTS) is 1. The van der Waals surface area contributed by atoms with Crippen molar-refractivity contribution >= 4 is 29.3 Å². The summed E-state index contributed by atoms with van der Waals surface area (Å²) in [7, 11) is 1.49. The standard InChI is InChI=1S/C26H27N3O6/c1-17-5-3-4-6-21(17)28-26(33)29-22-12-7-18(15-23(22)34-2)16-24(30)27-13-14-35-20-10-8-19(9-11-20)25(31)32/h3-12,15H,13-14,16H2,1-2H3,(H,27,30)(H,31,32)(H2,28,29,33). The minimum Gasteiger partial charge on any atom is -0.495 e. The first-order chi connectivity index (χ1) is 16.9. The summed E-state index contributed by atoms with van der Waals surface area (Å²) in [5, 5.41) is 17.2. The normalized spacial score (nSPS) is 10.2. The van der Waals surface area contributed by atoms with Gasteiger partial charge in [0, 0.05) is 5.69 Å². The zero-order chi connectivity index (χ0) is 25.2. The molecule has 0 atom stereocenters. The van der Waals surface area contributed by atoms with Crippen molar-refractivity contribution < 1.29 is 29.0 Å². The number of carbonyl (C=O) groups is 3. The van der Waals surface area contributed by atoms with E-state index in [1.54, 1.807) is 30.3 Å². The monoisotopic (exact) mass is 477 g/mol. The van der Waals surface area contributed by atoms with Crippen LogP contribution in [0.3, 0.4) is 0 Å². The van der Waals surface area contributed by atoms with Crippen molar-refractivity contribution in [3.63, 3.8) is 0 Å². The summed E-state index contributed by atoms with van der Waals surface area (Å²) in [6, 6.07) is 18.2. The Morgan fingerprint density at radius 1 is 0.914 bits per heavy atom. The summed E-state index contributed by atoms with van der Waals surface area (Å²) in [6.07, 6.45) is 0.124.